The molecular weight excluding hydrogens is 448 g/mol. The molecule has 0 aliphatic rings. The second-order valence-electron chi connectivity index (χ2n) is 7.43. The van der Waals surface area contributed by atoms with Gasteiger partial charge in [-0.3, -0.25) is 19.1 Å². The predicted molar refractivity (Wildman–Crippen MR) is 124 cm³/mol. The van der Waals surface area contributed by atoms with Gasteiger partial charge in [0.1, 0.15) is 18.5 Å². The highest BCUT2D eigenvalue weighted by atomic mass is 32.2. The fourth-order valence-corrected chi connectivity index (χ4v) is 4.43. The summed E-state index contributed by atoms with van der Waals surface area (Å²) in [6.45, 7) is -0.0749. The maximum atomic E-state index is 12.5. The third kappa shape index (κ3) is 4.78. The Hall–Kier alpha value is -3.57. The first-order chi connectivity index (χ1) is 15.8. The number of aliphatic hydroxyl groups is 1. The summed E-state index contributed by atoms with van der Waals surface area (Å²) < 4.78 is 8.56. The van der Waals surface area contributed by atoms with Gasteiger partial charge in [0.15, 0.2) is 16.3 Å². The lowest BCUT2D eigenvalue weighted by Gasteiger charge is -2.16. The van der Waals surface area contributed by atoms with E-state index in [1.165, 1.54) is 16.2 Å². The van der Waals surface area contributed by atoms with Crippen LogP contribution in [0.2, 0.25) is 0 Å². The zero-order chi connectivity index (χ0) is 23.5. The van der Waals surface area contributed by atoms with E-state index in [1.807, 2.05) is 42.5 Å². The maximum Gasteiger partial charge on any atom is 0.329 e. The second kappa shape index (κ2) is 9.51. The summed E-state index contributed by atoms with van der Waals surface area (Å²) in [6, 6.07) is 13.4. The van der Waals surface area contributed by atoms with Gasteiger partial charge < -0.3 is 19.5 Å². The summed E-state index contributed by atoms with van der Waals surface area (Å²) in [5, 5.41) is 21.9. The minimum absolute atomic E-state index is 0.0298. The molecule has 0 bridgehead atoms. The minimum Gasteiger partial charge on any atom is -0.490 e. The molecule has 10 nitrogen and oxygen atoms in total. The lowest BCUT2D eigenvalue weighted by molar-refractivity contribution is -0.136. The largest absolute Gasteiger partial charge is 0.490 e. The number of aromatic amines is 1. The van der Waals surface area contributed by atoms with E-state index in [4.69, 9.17) is 9.84 Å². The average Bonchev–Trinajstić information content (AvgIpc) is 3.14. The summed E-state index contributed by atoms with van der Waals surface area (Å²) in [4.78, 5) is 42.0. The molecule has 0 aliphatic heterocycles. The van der Waals surface area contributed by atoms with E-state index in [-0.39, 0.29) is 36.5 Å². The summed E-state index contributed by atoms with van der Waals surface area (Å²) >= 11 is 1.13. The number of fused-ring (bicyclic) bond motifs is 2. The fraction of sp³-hybridized carbons (Fsp3) is 0.273. The molecule has 1 atom stereocenters. The van der Waals surface area contributed by atoms with Gasteiger partial charge in [0.25, 0.3) is 5.56 Å². The Balaban J connectivity index is 1.60. The Kier molecular flexibility index (Phi) is 6.52. The summed E-state index contributed by atoms with van der Waals surface area (Å²) in [5.41, 5.74) is -0.963. The normalized spacial score (nSPS) is 12.3. The van der Waals surface area contributed by atoms with Crippen molar-refractivity contribution in [1.82, 2.24) is 19.1 Å². The highest BCUT2D eigenvalue weighted by molar-refractivity contribution is 7.99. The highest BCUT2D eigenvalue weighted by Crippen LogP contribution is 2.26. The maximum absolute atomic E-state index is 12.5. The molecule has 2 aromatic heterocycles. The predicted octanol–water partition coefficient (Wildman–Crippen LogP) is 1.58. The van der Waals surface area contributed by atoms with E-state index in [0.717, 1.165) is 22.5 Å². The topological polar surface area (TPSA) is 139 Å². The average molecular weight is 471 g/mol. The van der Waals surface area contributed by atoms with Gasteiger partial charge in [-0.2, -0.15) is 0 Å². The van der Waals surface area contributed by atoms with Crippen molar-refractivity contribution in [2.75, 3.05) is 12.4 Å². The number of carbonyl (C=O) groups is 1. The first-order valence-corrected chi connectivity index (χ1v) is 11.2. The number of rotatable bonds is 9. The van der Waals surface area contributed by atoms with Gasteiger partial charge in [-0.25, -0.2) is 9.78 Å². The number of hydrogen-bond donors (Lipinski definition) is 3. The number of ether oxygens (including phenoxy) is 1. The molecule has 11 heteroatoms. The number of nitrogens with zero attached hydrogens (tertiary/aromatic N) is 3. The first-order valence-electron chi connectivity index (χ1n) is 10.2. The lowest BCUT2D eigenvalue weighted by Crippen LogP contribution is -2.30. The number of nitrogens with one attached hydrogen (secondary N) is 1. The number of H-pyrrole nitrogens is 1. The van der Waals surface area contributed by atoms with E-state index in [1.54, 1.807) is 0 Å². The summed E-state index contributed by atoms with van der Waals surface area (Å²) in [7, 11) is 1.48. The van der Waals surface area contributed by atoms with Crippen molar-refractivity contribution in [2.45, 2.75) is 24.2 Å². The fourth-order valence-electron chi connectivity index (χ4n) is 3.49. The molecular formula is C22H22N4O6S. The van der Waals surface area contributed by atoms with Crippen molar-refractivity contribution >= 4 is 39.7 Å². The van der Waals surface area contributed by atoms with Gasteiger partial charge in [0, 0.05) is 18.2 Å². The van der Waals surface area contributed by atoms with Gasteiger partial charge in [-0.05, 0) is 11.5 Å². The van der Waals surface area contributed by atoms with Crippen LogP contribution in [0.3, 0.4) is 0 Å². The number of hydrogen-bond acceptors (Lipinski definition) is 7. The zero-order valence-electron chi connectivity index (χ0n) is 17.7. The summed E-state index contributed by atoms with van der Waals surface area (Å²) in [5.74, 6) is -0.120. The quantitative estimate of drug-likeness (QED) is 0.313. The van der Waals surface area contributed by atoms with Crippen LogP contribution in [0.25, 0.3) is 21.9 Å². The number of carboxylic acid groups (broad SMARTS) is 1. The van der Waals surface area contributed by atoms with Gasteiger partial charge >= 0.3 is 11.7 Å². The van der Waals surface area contributed by atoms with Crippen LogP contribution in [0.15, 0.2) is 57.2 Å². The zero-order valence-corrected chi connectivity index (χ0v) is 18.5. The molecule has 0 fully saturated rings. The number of aromatic nitrogens is 4. The van der Waals surface area contributed by atoms with Gasteiger partial charge in [0.05, 0.1) is 13.0 Å². The Morgan fingerprint density at radius 2 is 1.97 bits per heavy atom. The van der Waals surface area contributed by atoms with Crippen LogP contribution in [0.1, 0.15) is 6.42 Å². The van der Waals surface area contributed by atoms with Crippen molar-refractivity contribution in [3.63, 3.8) is 0 Å². The Morgan fingerprint density at radius 3 is 2.76 bits per heavy atom. The van der Waals surface area contributed by atoms with E-state index in [2.05, 4.69) is 9.97 Å². The molecule has 0 saturated carbocycles. The molecule has 0 spiro atoms. The van der Waals surface area contributed by atoms with Crippen LogP contribution in [-0.4, -0.2) is 53.7 Å². The molecule has 2 aromatic carbocycles. The monoisotopic (exact) mass is 470 g/mol. The Bertz CT molecular complexity index is 1440. The third-order valence-corrected chi connectivity index (χ3v) is 6.07. The van der Waals surface area contributed by atoms with Crippen molar-refractivity contribution in [2.24, 2.45) is 7.05 Å². The SMILES string of the molecule is Cn1c(=O)[nH]c(=O)c2c1nc(SCCC(=O)O)n2CC(O)COc1cccc2ccccc12. The first kappa shape index (κ1) is 22.6. The Morgan fingerprint density at radius 1 is 1.21 bits per heavy atom. The number of imidazole rings is 1. The summed E-state index contributed by atoms with van der Waals surface area (Å²) in [6.07, 6.45) is -1.10. The molecule has 1 unspecified atom stereocenters. The van der Waals surface area contributed by atoms with Gasteiger partial charge in [-0.15, -0.1) is 0 Å². The van der Waals surface area contributed by atoms with Crippen molar-refractivity contribution in [3.05, 3.63) is 63.3 Å². The number of thioether (sulfide) groups is 1. The standard InChI is InChI=1S/C22H22N4O6S/c1-25-19-18(20(30)24-21(25)31)26(22(23-19)33-10-9-17(28)29)11-14(27)12-32-16-8-4-6-13-5-2-3-7-15(13)16/h2-8,14,27H,9-12H2,1H3,(H,28,29)(H,24,30,31). The number of benzene rings is 2. The van der Waals surface area contributed by atoms with Crippen molar-refractivity contribution in [1.29, 1.82) is 0 Å². The molecule has 3 N–H and O–H groups in total. The number of aliphatic carboxylic acids is 1. The van der Waals surface area contributed by atoms with Crippen LogP contribution in [-0.2, 0) is 18.4 Å². The molecule has 172 valence electrons. The van der Waals surface area contributed by atoms with Crippen LogP contribution >= 0.6 is 11.8 Å². The van der Waals surface area contributed by atoms with Crippen LogP contribution in [0.4, 0.5) is 0 Å². The van der Waals surface area contributed by atoms with Gasteiger partial charge in [0.2, 0.25) is 0 Å². The molecule has 0 aliphatic carbocycles. The van der Waals surface area contributed by atoms with Gasteiger partial charge in [-0.1, -0.05) is 48.2 Å². The molecule has 0 radical (unpaired) electrons. The van der Waals surface area contributed by atoms with Crippen LogP contribution in [0.5, 0.6) is 5.75 Å². The highest BCUT2D eigenvalue weighted by Gasteiger charge is 2.20. The van der Waals surface area contributed by atoms with Crippen molar-refractivity contribution in [3.8, 4) is 5.75 Å². The smallest absolute Gasteiger partial charge is 0.329 e. The molecule has 0 saturated heterocycles. The number of aliphatic hydroxyl groups excluding tert-OH is 1. The van der Waals surface area contributed by atoms with E-state index in [0.29, 0.717) is 10.9 Å². The van der Waals surface area contributed by atoms with Crippen LogP contribution < -0.4 is 16.0 Å². The van der Waals surface area contributed by atoms with E-state index < -0.39 is 23.3 Å². The molecule has 0 amide bonds. The number of aryl methyl sites for hydroxylation is 1. The molecule has 4 rings (SSSR count). The third-order valence-electron chi connectivity index (χ3n) is 5.09. The second-order valence-corrected chi connectivity index (χ2v) is 8.49. The van der Waals surface area contributed by atoms with E-state index in [9.17, 15) is 19.5 Å². The lowest BCUT2D eigenvalue weighted by atomic mass is 10.1. The number of carboxylic acids is 1. The molecule has 33 heavy (non-hydrogen) atoms. The Labute approximate surface area is 191 Å². The molecule has 4 aromatic rings. The van der Waals surface area contributed by atoms with E-state index >= 15 is 0 Å². The molecule has 2 heterocycles. The van der Waals surface area contributed by atoms with Crippen LogP contribution in [0, 0.1) is 0 Å². The van der Waals surface area contributed by atoms with Crippen molar-refractivity contribution < 1.29 is 19.7 Å². The minimum atomic E-state index is -1.00.